The lowest BCUT2D eigenvalue weighted by molar-refractivity contribution is 0.0939. The molecule has 0 radical (unpaired) electrons. The van der Waals surface area contributed by atoms with Crippen molar-refractivity contribution in [3.8, 4) is 0 Å². The first-order valence-electron chi connectivity index (χ1n) is 9.44. The Hall–Kier alpha value is -2.25. The van der Waals surface area contributed by atoms with Gasteiger partial charge in [0.25, 0.3) is 5.91 Å². The lowest BCUT2D eigenvalue weighted by atomic mass is 10.0. The standard InChI is InChI=1S/C21H25FN2O3S/c1-15-10-12-24(13-11-15)28(26,27)20-5-3-4-18(14-20)21(25)23-16(2)17-6-8-19(22)9-7-17/h3-9,14-16H,10-13H2,1-2H3,(H,23,25)/t16-/m0/s1. The number of carbonyl (C=O) groups is 1. The molecule has 1 aliphatic heterocycles. The van der Waals surface area contributed by atoms with Gasteiger partial charge in [-0.15, -0.1) is 0 Å². The maximum absolute atomic E-state index is 13.1. The van der Waals surface area contributed by atoms with Gasteiger partial charge in [0.1, 0.15) is 5.82 Å². The number of halogens is 1. The summed E-state index contributed by atoms with van der Waals surface area (Å²) in [4.78, 5) is 12.7. The van der Waals surface area contributed by atoms with Crippen molar-refractivity contribution in [1.82, 2.24) is 9.62 Å². The minimum Gasteiger partial charge on any atom is -0.346 e. The van der Waals surface area contributed by atoms with Gasteiger partial charge in [-0.05, 0) is 61.6 Å². The molecule has 1 saturated heterocycles. The lowest BCUT2D eigenvalue weighted by Gasteiger charge is -2.29. The van der Waals surface area contributed by atoms with Crippen molar-refractivity contribution in [2.75, 3.05) is 13.1 Å². The van der Waals surface area contributed by atoms with Gasteiger partial charge in [0.15, 0.2) is 0 Å². The molecule has 2 aromatic carbocycles. The zero-order valence-electron chi connectivity index (χ0n) is 16.1. The first-order chi connectivity index (χ1) is 13.3. The molecule has 150 valence electrons. The number of nitrogens with zero attached hydrogens (tertiary/aromatic N) is 1. The summed E-state index contributed by atoms with van der Waals surface area (Å²) in [5, 5.41) is 2.83. The van der Waals surface area contributed by atoms with Crippen LogP contribution in [0.15, 0.2) is 53.4 Å². The highest BCUT2D eigenvalue weighted by molar-refractivity contribution is 7.89. The summed E-state index contributed by atoms with van der Waals surface area (Å²) in [6.07, 6.45) is 1.68. The van der Waals surface area contributed by atoms with Crippen molar-refractivity contribution >= 4 is 15.9 Å². The number of amides is 1. The molecule has 0 saturated carbocycles. The SMILES string of the molecule is CC1CCN(S(=O)(=O)c2cccc(C(=O)N[C@@H](C)c3ccc(F)cc3)c2)CC1. The third kappa shape index (κ3) is 4.59. The molecule has 7 heteroatoms. The van der Waals surface area contributed by atoms with E-state index >= 15 is 0 Å². The van der Waals surface area contributed by atoms with Crippen LogP contribution in [0.5, 0.6) is 0 Å². The zero-order chi connectivity index (χ0) is 20.3. The molecule has 0 bridgehead atoms. The third-order valence-corrected chi connectivity index (χ3v) is 7.09. The van der Waals surface area contributed by atoms with Crippen LogP contribution >= 0.6 is 0 Å². The lowest BCUT2D eigenvalue weighted by Crippen LogP contribution is -2.38. The summed E-state index contributed by atoms with van der Waals surface area (Å²) in [5.41, 5.74) is 1.04. The molecule has 0 aliphatic carbocycles. The van der Waals surface area contributed by atoms with Gasteiger partial charge < -0.3 is 5.32 Å². The summed E-state index contributed by atoms with van der Waals surface area (Å²) in [7, 11) is -3.62. The van der Waals surface area contributed by atoms with Crippen LogP contribution in [-0.2, 0) is 10.0 Å². The van der Waals surface area contributed by atoms with Crippen LogP contribution < -0.4 is 5.32 Å². The second-order valence-corrected chi connectivity index (χ2v) is 9.30. The van der Waals surface area contributed by atoms with E-state index in [1.54, 1.807) is 31.2 Å². The van der Waals surface area contributed by atoms with Crippen LogP contribution in [0.25, 0.3) is 0 Å². The molecular formula is C21H25FN2O3S. The molecule has 1 fully saturated rings. The van der Waals surface area contributed by atoms with Crippen molar-refractivity contribution in [2.24, 2.45) is 5.92 Å². The fraction of sp³-hybridized carbons (Fsp3) is 0.381. The number of nitrogens with one attached hydrogen (secondary N) is 1. The summed E-state index contributed by atoms with van der Waals surface area (Å²) in [6, 6.07) is 11.7. The molecule has 0 unspecified atom stereocenters. The monoisotopic (exact) mass is 404 g/mol. The largest absolute Gasteiger partial charge is 0.346 e. The summed E-state index contributed by atoms with van der Waals surface area (Å²) >= 11 is 0. The molecular weight excluding hydrogens is 379 g/mol. The second-order valence-electron chi connectivity index (χ2n) is 7.36. The van der Waals surface area contributed by atoms with Gasteiger partial charge in [-0.25, -0.2) is 12.8 Å². The Balaban J connectivity index is 1.75. The molecule has 28 heavy (non-hydrogen) atoms. The molecule has 1 N–H and O–H groups in total. The Morgan fingerprint density at radius 1 is 1.14 bits per heavy atom. The smallest absolute Gasteiger partial charge is 0.251 e. The quantitative estimate of drug-likeness (QED) is 0.826. The molecule has 2 aromatic rings. The fourth-order valence-electron chi connectivity index (χ4n) is 3.29. The van der Waals surface area contributed by atoms with E-state index in [0.717, 1.165) is 18.4 Å². The van der Waals surface area contributed by atoms with Gasteiger partial charge in [0, 0.05) is 18.7 Å². The van der Waals surface area contributed by atoms with Gasteiger partial charge in [0.2, 0.25) is 10.0 Å². The van der Waals surface area contributed by atoms with Crippen molar-refractivity contribution in [3.05, 3.63) is 65.5 Å². The Kier molecular flexibility index (Phi) is 6.15. The van der Waals surface area contributed by atoms with E-state index in [0.29, 0.717) is 19.0 Å². The number of rotatable bonds is 5. The molecule has 1 aliphatic rings. The average Bonchev–Trinajstić information content (AvgIpc) is 2.69. The highest BCUT2D eigenvalue weighted by Gasteiger charge is 2.28. The van der Waals surface area contributed by atoms with Gasteiger partial charge in [-0.3, -0.25) is 4.79 Å². The van der Waals surface area contributed by atoms with Crippen molar-refractivity contribution < 1.29 is 17.6 Å². The molecule has 1 amide bonds. The van der Waals surface area contributed by atoms with Gasteiger partial charge in [0.05, 0.1) is 10.9 Å². The number of sulfonamides is 1. The summed E-state index contributed by atoms with van der Waals surface area (Å²) in [6.45, 7) is 4.92. The van der Waals surface area contributed by atoms with Crippen molar-refractivity contribution in [1.29, 1.82) is 0 Å². The minimum atomic E-state index is -3.62. The van der Waals surface area contributed by atoms with Gasteiger partial charge >= 0.3 is 0 Å². The Morgan fingerprint density at radius 2 is 1.79 bits per heavy atom. The summed E-state index contributed by atoms with van der Waals surface area (Å²) in [5.74, 6) is -0.190. The van der Waals surface area contributed by atoms with E-state index < -0.39 is 10.0 Å². The molecule has 5 nitrogen and oxygen atoms in total. The predicted octanol–water partition coefficient (Wildman–Crippen LogP) is 3.74. The van der Waals surface area contributed by atoms with E-state index in [4.69, 9.17) is 0 Å². The van der Waals surface area contributed by atoms with Crippen LogP contribution in [-0.4, -0.2) is 31.7 Å². The summed E-state index contributed by atoms with van der Waals surface area (Å²) < 4.78 is 40.4. The normalized spacial score (nSPS) is 17.2. The molecule has 1 heterocycles. The van der Waals surface area contributed by atoms with Crippen LogP contribution in [0.3, 0.4) is 0 Å². The Bertz CT molecular complexity index is 936. The van der Waals surface area contributed by atoms with Crippen molar-refractivity contribution in [2.45, 2.75) is 37.6 Å². The van der Waals surface area contributed by atoms with Gasteiger partial charge in [-0.1, -0.05) is 25.1 Å². The van der Waals surface area contributed by atoms with Crippen LogP contribution in [0.4, 0.5) is 4.39 Å². The third-order valence-electron chi connectivity index (χ3n) is 5.19. The topological polar surface area (TPSA) is 66.5 Å². The average molecular weight is 405 g/mol. The molecule has 0 spiro atoms. The van der Waals surface area contributed by atoms with Crippen LogP contribution in [0.1, 0.15) is 48.7 Å². The number of hydrogen-bond acceptors (Lipinski definition) is 3. The Morgan fingerprint density at radius 3 is 2.43 bits per heavy atom. The maximum atomic E-state index is 13.1. The maximum Gasteiger partial charge on any atom is 0.251 e. The van der Waals surface area contributed by atoms with E-state index in [1.807, 2.05) is 0 Å². The minimum absolute atomic E-state index is 0.129. The Labute approximate surface area is 165 Å². The first kappa shape index (κ1) is 20.5. The highest BCUT2D eigenvalue weighted by Crippen LogP contribution is 2.24. The second kappa shape index (κ2) is 8.41. The highest BCUT2D eigenvalue weighted by atomic mass is 32.2. The number of piperidine rings is 1. The van der Waals surface area contributed by atoms with Crippen LogP contribution in [0, 0.1) is 11.7 Å². The molecule has 0 aromatic heterocycles. The van der Waals surface area contributed by atoms with E-state index in [1.165, 1.54) is 28.6 Å². The zero-order valence-corrected chi connectivity index (χ0v) is 16.9. The van der Waals surface area contributed by atoms with E-state index in [-0.39, 0.29) is 28.2 Å². The van der Waals surface area contributed by atoms with Crippen molar-refractivity contribution in [3.63, 3.8) is 0 Å². The van der Waals surface area contributed by atoms with Gasteiger partial charge in [-0.2, -0.15) is 4.31 Å². The molecule has 1 atom stereocenters. The van der Waals surface area contributed by atoms with E-state index in [9.17, 15) is 17.6 Å². The predicted molar refractivity (Wildman–Crippen MR) is 106 cm³/mol. The number of benzene rings is 2. The number of hydrogen-bond donors (Lipinski definition) is 1. The fourth-order valence-corrected chi connectivity index (χ4v) is 4.80. The molecule has 3 rings (SSSR count). The van der Waals surface area contributed by atoms with Crippen LogP contribution in [0.2, 0.25) is 0 Å². The number of carbonyl (C=O) groups excluding carboxylic acids is 1. The van der Waals surface area contributed by atoms with E-state index in [2.05, 4.69) is 12.2 Å². The first-order valence-corrected chi connectivity index (χ1v) is 10.9.